The third-order valence-corrected chi connectivity index (χ3v) is 4.90. The molecule has 0 aromatic heterocycles. The predicted octanol–water partition coefficient (Wildman–Crippen LogP) is 3.15. The van der Waals surface area contributed by atoms with Crippen molar-refractivity contribution in [1.82, 2.24) is 10.2 Å². The number of para-hydroxylation sites is 1. The van der Waals surface area contributed by atoms with Crippen molar-refractivity contribution in [2.24, 2.45) is 0 Å². The molecule has 1 aliphatic heterocycles. The number of hydrogen-bond acceptors (Lipinski definition) is 5. The van der Waals surface area contributed by atoms with Crippen LogP contribution in [0.4, 0.5) is 5.69 Å². The molecule has 1 aliphatic rings. The van der Waals surface area contributed by atoms with E-state index in [2.05, 4.69) is 22.8 Å². The molecule has 0 unspecified atom stereocenters. The SMILES string of the molecule is COc1cc2c(cc1OC)CC(=O)N(CCCNCCNc1ccccc1)C=C2. The van der Waals surface area contributed by atoms with Crippen LogP contribution >= 0.6 is 0 Å². The van der Waals surface area contributed by atoms with Crippen LogP contribution in [-0.4, -0.2) is 51.2 Å². The highest BCUT2D eigenvalue weighted by Crippen LogP contribution is 2.32. The maximum absolute atomic E-state index is 12.6. The number of carbonyl (C=O) groups is 1. The molecule has 0 saturated carbocycles. The van der Waals surface area contributed by atoms with E-state index in [4.69, 9.17) is 9.47 Å². The third-order valence-electron chi connectivity index (χ3n) is 4.90. The first-order valence-corrected chi connectivity index (χ1v) is 9.93. The Morgan fingerprint density at radius 2 is 1.76 bits per heavy atom. The summed E-state index contributed by atoms with van der Waals surface area (Å²) in [5.74, 6) is 1.41. The van der Waals surface area contributed by atoms with Crippen LogP contribution in [0.3, 0.4) is 0 Å². The molecule has 0 fully saturated rings. The van der Waals surface area contributed by atoms with Crippen LogP contribution in [0, 0.1) is 0 Å². The summed E-state index contributed by atoms with van der Waals surface area (Å²) in [7, 11) is 3.22. The summed E-state index contributed by atoms with van der Waals surface area (Å²) in [6.45, 7) is 3.30. The highest BCUT2D eigenvalue weighted by Gasteiger charge is 2.19. The molecule has 0 saturated heterocycles. The van der Waals surface area contributed by atoms with E-state index >= 15 is 0 Å². The fourth-order valence-corrected chi connectivity index (χ4v) is 3.31. The predicted molar refractivity (Wildman–Crippen MR) is 116 cm³/mol. The van der Waals surface area contributed by atoms with E-state index in [1.54, 1.807) is 19.1 Å². The fraction of sp³-hybridized carbons (Fsp3) is 0.348. The van der Waals surface area contributed by atoms with Gasteiger partial charge in [-0.15, -0.1) is 0 Å². The quantitative estimate of drug-likeness (QED) is 0.605. The zero-order valence-electron chi connectivity index (χ0n) is 17.1. The molecule has 6 heteroatoms. The Labute approximate surface area is 172 Å². The van der Waals surface area contributed by atoms with Crippen LogP contribution in [-0.2, 0) is 11.2 Å². The lowest BCUT2D eigenvalue weighted by Gasteiger charge is -2.17. The molecule has 0 spiro atoms. The molecule has 29 heavy (non-hydrogen) atoms. The zero-order valence-corrected chi connectivity index (χ0v) is 17.1. The van der Waals surface area contributed by atoms with Crippen molar-refractivity contribution >= 4 is 17.7 Å². The van der Waals surface area contributed by atoms with Crippen molar-refractivity contribution in [2.75, 3.05) is 45.7 Å². The summed E-state index contributed by atoms with van der Waals surface area (Å²) >= 11 is 0. The van der Waals surface area contributed by atoms with Crippen molar-refractivity contribution in [3.63, 3.8) is 0 Å². The minimum absolute atomic E-state index is 0.0953. The molecule has 1 amide bonds. The molecule has 0 aliphatic carbocycles. The largest absolute Gasteiger partial charge is 0.493 e. The second kappa shape index (κ2) is 10.5. The topological polar surface area (TPSA) is 62.8 Å². The van der Waals surface area contributed by atoms with Crippen molar-refractivity contribution in [3.8, 4) is 11.5 Å². The summed E-state index contributed by atoms with van der Waals surface area (Å²) in [6, 6.07) is 14.0. The number of amides is 1. The van der Waals surface area contributed by atoms with Gasteiger partial charge >= 0.3 is 0 Å². The van der Waals surface area contributed by atoms with E-state index in [1.807, 2.05) is 42.6 Å². The number of hydrogen-bond donors (Lipinski definition) is 2. The third kappa shape index (κ3) is 5.74. The van der Waals surface area contributed by atoms with Gasteiger partial charge in [0, 0.05) is 31.5 Å². The van der Waals surface area contributed by atoms with Gasteiger partial charge in [-0.2, -0.15) is 0 Å². The molecule has 0 atom stereocenters. The number of fused-ring (bicyclic) bond motifs is 1. The normalized spacial score (nSPS) is 13.0. The van der Waals surface area contributed by atoms with Gasteiger partial charge in [0.1, 0.15) is 0 Å². The second-order valence-electron chi connectivity index (χ2n) is 6.88. The standard InChI is InChI=1S/C23H29N3O3/c1-28-21-15-18-9-14-26(23(27)17-19(18)16-22(21)29-2)13-6-10-24-11-12-25-20-7-4-3-5-8-20/h3-5,7-9,14-16,24-25H,6,10-13,17H2,1-2H3. The number of rotatable bonds is 10. The van der Waals surface area contributed by atoms with Gasteiger partial charge in [-0.05, 0) is 54.4 Å². The van der Waals surface area contributed by atoms with Crippen LogP contribution in [0.1, 0.15) is 17.5 Å². The Morgan fingerprint density at radius 1 is 1.00 bits per heavy atom. The molecule has 0 bridgehead atoms. The lowest BCUT2D eigenvalue weighted by atomic mass is 10.0. The molecular weight excluding hydrogens is 366 g/mol. The van der Waals surface area contributed by atoms with Gasteiger partial charge in [-0.3, -0.25) is 4.79 Å². The Morgan fingerprint density at radius 3 is 2.52 bits per heavy atom. The highest BCUT2D eigenvalue weighted by atomic mass is 16.5. The molecule has 2 aromatic carbocycles. The smallest absolute Gasteiger partial charge is 0.230 e. The zero-order chi connectivity index (χ0) is 20.5. The van der Waals surface area contributed by atoms with Gasteiger partial charge in [-0.25, -0.2) is 0 Å². The Bertz CT molecular complexity index is 837. The Kier molecular flexibility index (Phi) is 7.53. The van der Waals surface area contributed by atoms with Crippen LogP contribution in [0.5, 0.6) is 11.5 Å². The maximum Gasteiger partial charge on any atom is 0.230 e. The number of methoxy groups -OCH3 is 2. The van der Waals surface area contributed by atoms with Gasteiger partial charge < -0.3 is 25.0 Å². The lowest BCUT2D eigenvalue weighted by Crippen LogP contribution is -2.30. The average molecular weight is 396 g/mol. The van der Waals surface area contributed by atoms with Gasteiger partial charge in [-0.1, -0.05) is 18.2 Å². The highest BCUT2D eigenvalue weighted by molar-refractivity contribution is 5.84. The molecule has 2 aromatic rings. The van der Waals surface area contributed by atoms with E-state index in [1.165, 1.54) is 0 Å². The minimum Gasteiger partial charge on any atom is -0.493 e. The molecule has 2 N–H and O–H groups in total. The summed E-state index contributed by atoms with van der Waals surface area (Å²) < 4.78 is 10.7. The number of carbonyl (C=O) groups excluding carboxylic acids is 1. The van der Waals surface area contributed by atoms with Crippen molar-refractivity contribution in [2.45, 2.75) is 12.8 Å². The molecule has 6 nitrogen and oxygen atoms in total. The van der Waals surface area contributed by atoms with Crippen molar-refractivity contribution < 1.29 is 14.3 Å². The molecule has 3 rings (SSSR count). The van der Waals surface area contributed by atoms with Gasteiger partial charge in [0.05, 0.1) is 20.6 Å². The maximum atomic E-state index is 12.6. The Hall–Kier alpha value is -2.99. The van der Waals surface area contributed by atoms with E-state index < -0.39 is 0 Å². The number of nitrogens with zero attached hydrogens (tertiary/aromatic N) is 1. The molecular formula is C23H29N3O3. The van der Waals surface area contributed by atoms with Crippen molar-refractivity contribution in [3.05, 3.63) is 59.8 Å². The van der Waals surface area contributed by atoms with Crippen LogP contribution in [0.15, 0.2) is 48.7 Å². The number of nitrogens with one attached hydrogen (secondary N) is 2. The van der Waals surface area contributed by atoms with E-state index in [9.17, 15) is 4.79 Å². The van der Waals surface area contributed by atoms with Gasteiger partial charge in [0.2, 0.25) is 5.91 Å². The van der Waals surface area contributed by atoms with Crippen molar-refractivity contribution in [1.29, 1.82) is 0 Å². The first-order valence-electron chi connectivity index (χ1n) is 9.93. The molecule has 154 valence electrons. The summed E-state index contributed by atoms with van der Waals surface area (Å²) in [4.78, 5) is 14.4. The minimum atomic E-state index is 0.0953. The summed E-state index contributed by atoms with van der Waals surface area (Å²) in [6.07, 6.45) is 5.10. The van der Waals surface area contributed by atoms with Gasteiger partial charge in [0.15, 0.2) is 11.5 Å². The number of benzene rings is 2. The summed E-state index contributed by atoms with van der Waals surface area (Å²) in [5.41, 5.74) is 3.07. The molecule has 0 radical (unpaired) electrons. The van der Waals surface area contributed by atoms with E-state index in [-0.39, 0.29) is 5.91 Å². The second-order valence-corrected chi connectivity index (χ2v) is 6.88. The van der Waals surface area contributed by atoms with Crippen LogP contribution in [0.2, 0.25) is 0 Å². The monoisotopic (exact) mass is 395 g/mol. The first-order chi connectivity index (χ1) is 14.2. The summed E-state index contributed by atoms with van der Waals surface area (Å²) in [5, 5.41) is 6.79. The number of ether oxygens (including phenoxy) is 2. The van der Waals surface area contributed by atoms with E-state index in [0.717, 1.165) is 42.9 Å². The Balaban J connectivity index is 1.43. The van der Waals surface area contributed by atoms with E-state index in [0.29, 0.717) is 24.5 Å². The first kappa shape index (κ1) is 20.7. The average Bonchev–Trinajstić information content (AvgIpc) is 2.90. The fourth-order valence-electron chi connectivity index (χ4n) is 3.31. The van der Waals surface area contributed by atoms with Gasteiger partial charge in [0.25, 0.3) is 0 Å². The number of anilines is 1. The van der Waals surface area contributed by atoms with Crippen LogP contribution in [0.25, 0.3) is 6.08 Å². The molecule has 1 heterocycles. The van der Waals surface area contributed by atoms with Crippen LogP contribution < -0.4 is 20.1 Å². The lowest BCUT2D eigenvalue weighted by molar-refractivity contribution is -0.127.